The van der Waals surface area contributed by atoms with Gasteiger partial charge in [0.1, 0.15) is 5.78 Å². The van der Waals surface area contributed by atoms with Gasteiger partial charge < -0.3 is 5.11 Å². The first-order valence-corrected chi connectivity index (χ1v) is 6.91. The zero-order valence-electron chi connectivity index (χ0n) is 10.8. The van der Waals surface area contributed by atoms with Gasteiger partial charge in [-0.2, -0.15) is 13.2 Å². The molecule has 0 bridgehead atoms. The molecule has 1 N–H and O–H groups in total. The average molecular weight is 279 g/mol. The van der Waals surface area contributed by atoms with Crippen LogP contribution in [0.5, 0.6) is 0 Å². The fourth-order valence-electron chi connectivity index (χ4n) is 3.28. The molecule has 1 saturated heterocycles. The number of nitrogens with zero attached hydrogens (tertiary/aromatic N) is 1. The second kappa shape index (κ2) is 5.79. The first-order chi connectivity index (χ1) is 8.89. The maximum absolute atomic E-state index is 12.4. The van der Waals surface area contributed by atoms with Crippen LogP contribution in [-0.2, 0) is 4.79 Å². The van der Waals surface area contributed by atoms with Crippen molar-refractivity contribution in [2.75, 3.05) is 13.1 Å². The molecule has 2 aliphatic rings. The number of carbonyl (C=O) groups is 1. The summed E-state index contributed by atoms with van der Waals surface area (Å²) in [5.74, 6) is 0.0568. The van der Waals surface area contributed by atoms with E-state index in [1.807, 2.05) is 0 Å². The lowest BCUT2D eigenvalue weighted by molar-refractivity contribution is -0.209. The van der Waals surface area contributed by atoms with E-state index in [4.69, 9.17) is 0 Å². The first-order valence-electron chi connectivity index (χ1n) is 6.91. The number of rotatable bonds is 3. The molecule has 3 nitrogen and oxygen atoms in total. The molecule has 3 unspecified atom stereocenters. The summed E-state index contributed by atoms with van der Waals surface area (Å²) in [5.41, 5.74) is 0. The lowest BCUT2D eigenvalue weighted by Crippen LogP contribution is -2.47. The smallest absolute Gasteiger partial charge is 0.382 e. The van der Waals surface area contributed by atoms with Gasteiger partial charge in [0, 0.05) is 24.9 Å². The predicted molar refractivity (Wildman–Crippen MR) is 63.6 cm³/mol. The highest BCUT2D eigenvalue weighted by Crippen LogP contribution is 2.33. The van der Waals surface area contributed by atoms with Crippen LogP contribution in [0.25, 0.3) is 0 Å². The third kappa shape index (κ3) is 3.48. The third-order valence-corrected chi connectivity index (χ3v) is 4.27. The minimum atomic E-state index is -4.58. The van der Waals surface area contributed by atoms with Crippen molar-refractivity contribution in [2.24, 2.45) is 5.92 Å². The molecule has 2 rings (SSSR count). The number of likely N-dealkylation sites (tertiary alicyclic amines) is 1. The quantitative estimate of drug-likeness (QED) is 0.860. The van der Waals surface area contributed by atoms with E-state index >= 15 is 0 Å². The molecule has 1 heterocycles. The molecule has 110 valence electrons. The van der Waals surface area contributed by atoms with E-state index in [9.17, 15) is 23.1 Å². The third-order valence-electron chi connectivity index (χ3n) is 4.27. The monoisotopic (exact) mass is 279 g/mol. The highest BCUT2D eigenvalue weighted by Gasteiger charge is 2.43. The number of hydrogen-bond donors (Lipinski definition) is 1. The van der Waals surface area contributed by atoms with Crippen LogP contribution in [0.4, 0.5) is 13.2 Å². The highest BCUT2D eigenvalue weighted by atomic mass is 19.4. The zero-order chi connectivity index (χ0) is 14.0. The van der Waals surface area contributed by atoms with Crippen LogP contribution >= 0.6 is 0 Å². The van der Waals surface area contributed by atoms with Crippen LogP contribution < -0.4 is 0 Å². The van der Waals surface area contributed by atoms with E-state index in [0.717, 1.165) is 32.1 Å². The molecule has 2 fully saturated rings. The minimum absolute atomic E-state index is 0.107. The number of hydrogen-bond acceptors (Lipinski definition) is 3. The van der Waals surface area contributed by atoms with Crippen molar-refractivity contribution in [1.82, 2.24) is 4.90 Å². The van der Waals surface area contributed by atoms with E-state index in [1.54, 1.807) is 4.90 Å². The van der Waals surface area contributed by atoms with Crippen molar-refractivity contribution in [3.8, 4) is 0 Å². The van der Waals surface area contributed by atoms with Crippen LogP contribution in [0.1, 0.15) is 38.5 Å². The van der Waals surface area contributed by atoms with Gasteiger partial charge in [-0.3, -0.25) is 9.69 Å². The SMILES string of the molecule is O=C1CCCCC1C1CCCN1CC(O)C(F)(F)F. The fourth-order valence-corrected chi connectivity index (χ4v) is 3.28. The molecule has 0 spiro atoms. The maximum atomic E-state index is 12.4. The van der Waals surface area contributed by atoms with Crippen LogP contribution in [0.2, 0.25) is 0 Å². The van der Waals surface area contributed by atoms with Gasteiger partial charge in [0.25, 0.3) is 0 Å². The molecular formula is C13H20F3NO2. The Bertz CT molecular complexity index is 332. The lowest BCUT2D eigenvalue weighted by Gasteiger charge is -2.34. The molecule has 0 aromatic rings. The number of alkyl halides is 3. The number of ketones is 1. The largest absolute Gasteiger partial charge is 0.415 e. The molecule has 0 radical (unpaired) electrons. The van der Waals surface area contributed by atoms with Gasteiger partial charge in [-0.15, -0.1) is 0 Å². The van der Waals surface area contributed by atoms with E-state index in [-0.39, 0.29) is 17.7 Å². The first kappa shape index (κ1) is 14.8. The Morgan fingerprint density at radius 1 is 1.26 bits per heavy atom. The molecule has 1 saturated carbocycles. The van der Waals surface area contributed by atoms with Crippen LogP contribution in [0.3, 0.4) is 0 Å². The summed E-state index contributed by atoms with van der Waals surface area (Å²) in [6.07, 6.45) is -2.12. The van der Waals surface area contributed by atoms with Gasteiger partial charge >= 0.3 is 6.18 Å². The van der Waals surface area contributed by atoms with E-state index in [0.29, 0.717) is 13.0 Å². The Labute approximate surface area is 110 Å². The zero-order valence-corrected chi connectivity index (χ0v) is 10.8. The Balaban J connectivity index is 1.98. The molecule has 19 heavy (non-hydrogen) atoms. The molecule has 1 aliphatic carbocycles. The van der Waals surface area contributed by atoms with Crippen molar-refractivity contribution in [2.45, 2.75) is 56.8 Å². The number of β-amino-alcohol motifs (C(OH)–C–C–N with tert-alkyl or cyclic N) is 1. The molecule has 3 atom stereocenters. The van der Waals surface area contributed by atoms with Gasteiger partial charge in [-0.05, 0) is 32.2 Å². The molecule has 0 aromatic carbocycles. The van der Waals surface area contributed by atoms with E-state index < -0.39 is 18.8 Å². The summed E-state index contributed by atoms with van der Waals surface area (Å²) in [6, 6.07) is -0.107. The average Bonchev–Trinajstić information content (AvgIpc) is 2.76. The summed E-state index contributed by atoms with van der Waals surface area (Å²) < 4.78 is 37.2. The minimum Gasteiger partial charge on any atom is -0.382 e. The van der Waals surface area contributed by atoms with Gasteiger partial charge in [-0.1, -0.05) is 6.42 Å². The summed E-state index contributed by atoms with van der Waals surface area (Å²) in [6.45, 7) is 0.138. The lowest BCUT2D eigenvalue weighted by atomic mass is 9.82. The van der Waals surface area contributed by atoms with Crippen LogP contribution in [0, 0.1) is 5.92 Å². The second-order valence-corrected chi connectivity index (χ2v) is 5.58. The maximum Gasteiger partial charge on any atom is 0.415 e. The molecule has 6 heteroatoms. The topological polar surface area (TPSA) is 40.5 Å². The van der Waals surface area contributed by atoms with Crippen LogP contribution in [0.15, 0.2) is 0 Å². The Morgan fingerprint density at radius 3 is 2.63 bits per heavy atom. The van der Waals surface area contributed by atoms with Crippen LogP contribution in [-0.4, -0.2) is 47.2 Å². The Hall–Kier alpha value is -0.620. The van der Waals surface area contributed by atoms with Gasteiger partial charge in [0.15, 0.2) is 6.10 Å². The van der Waals surface area contributed by atoms with Gasteiger partial charge in [0.05, 0.1) is 0 Å². The van der Waals surface area contributed by atoms with Crippen molar-refractivity contribution in [3.05, 3.63) is 0 Å². The normalized spacial score (nSPS) is 31.7. The second-order valence-electron chi connectivity index (χ2n) is 5.58. The summed E-state index contributed by atoms with van der Waals surface area (Å²) >= 11 is 0. The number of carbonyl (C=O) groups excluding carboxylic acids is 1. The predicted octanol–water partition coefficient (Wildman–Crippen LogP) is 2.13. The fraction of sp³-hybridized carbons (Fsp3) is 0.923. The molecule has 1 aliphatic heterocycles. The van der Waals surface area contributed by atoms with Crippen molar-refractivity contribution in [3.63, 3.8) is 0 Å². The van der Waals surface area contributed by atoms with Gasteiger partial charge in [0.2, 0.25) is 0 Å². The summed E-state index contributed by atoms with van der Waals surface area (Å²) in [7, 11) is 0. The van der Waals surface area contributed by atoms with E-state index in [2.05, 4.69) is 0 Å². The summed E-state index contributed by atoms with van der Waals surface area (Å²) in [4.78, 5) is 13.6. The molecule has 0 aromatic heterocycles. The standard InChI is InChI=1S/C13H20F3NO2/c14-13(15,16)12(19)8-17-7-3-5-10(17)9-4-1-2-6-11(9)18/h9-10,12,19H,1-8H2. The van der Waals surface area contributed by atoms with Gasteiger partial charge in [-0.25, -0.2) is 0 Å². The molecular weight excluding hydrogens is 259 g/mol. The van der Waals surface area contributed by atoms with Crippen molar-refractivity contribution in [1.29, 1.82) is 0 Å². The number of aliphatic hydroxyl groups is 1. The Kier molecular flexibility index (Phi) is 4.50. The van der Waals surface area contributed by atoms with Crippen molar-refractivity contribution < 1.29 is 23.1 Å². The Morgan fingerprint density at radius 2 is 2.00 bits per heavy atom. The van der Waals surface area contributed by atoms with E-state index in [1.165, 1.54) is 0 Å². The summed E-state index contributed by atoms with van der Waals surface area (Å²) in [5, 5.41) is 9.18. The van der Waals surface area contributed by atoms with Crippen molar-refractivity contribution >= 4 is 5.78 Å². The molecule has 0 amide bonds. The number of aliphatic hydroxyl groups excluding tert-OH is 1. The highest BCUT2D eigenvalue weighted by molar-refractivity contribution is 5.82. The number of Topliss-reactive ketones (excluding diaryl/α,β-unsaturated/α-hetero) is 1. The number of halogens is 3.